The number of hydrogen-bond donors (Lipinski definition) is 1. The molecule has 0 aliphatic carbocycles. The normalized spacial score (nSPS) is 17.6. The van der Waals surface area contributed by atoms with Gasteiger partial charge in [0.1, 0.15) is 17.7 Å². The lowest BCUT2D eigenvalue weighted by molar-refractivity contribution is -0.142. The van der Waals surface area contributed by atoms with Crippen molar-refractivity contribution in [3.05, 3.63) is 29.0 Å². The smallest absolute Gasteiger partial charge is 0.328 e. The highest BCUT2D eigenvalue weighted by atomic mass is 16.5. The van der Waals surface area contributed by atoms with Crippen molar-refractivity contribution in [1.82, 2.24) is 5.32 Å². The summed E-state index contributed by atoms with van der Waals surface area (Å²) in [6.07, 6.45) is 0.841. The molecule has 0 amide bonds. The number of allylic oxidation sites excluding steroid dienone is 2. The molecule has 8 nitrogen and oxygen atoms in total. The first-order chi connectivity index (χ1) is 12.5. The van der Waals surface area contributed by atoms with E-state index in [2.05, 4.69) is 5.32 Å². The summed E-state index contributed by atoms with van der Waals surface area (Å²) in [5, 5.41) is 12.4. The number of hydrogen-bond acceptors (Lipinski definition) is 8. The van der Waals surface area contributed by atoms with Gasteiger partial charge in [-0.25, -0.2) is 4.79 Å². The number of esters is 1. The third-order valence-corrected chi connectivity index (χ3v) is 4.11. The number of carbonyl (C=O) groups excluding carboxylic acids is 2. The summed E-state index contributed by atoms with van der Waals surface area (Å²) in [7, 11) is 5.58. The van der Waals surface area contributed by atoms with Crippen LogP contribution in [0.25, 0.3) is 0 Å². The Morgan fingerprint density at radius 3 is 2.35 bits per heavy atom. The van der Waals surface area contributed by atoms with Crippen LogP contribution in [0.4, 0.5) is 0 Å². The van der Waals surface area contributed by atoms with Gasteiger partial charge >= 0.3 is 5.97 Å². The van der Waals surface area contributed by atoms with E-state index in [1.54, 1.807) is 6.07 Å². The summed E-state index contributed by atoms with van der Waals surface area (Å²) >= 11 is 0. The molecule has 26 heavy (non-hydrogen) atoms. The summed E-state index contributed by atoms with van der Waals surface area (Å²) < 4.78 is 20.5. The third-order valence-electron chi connectivity index (χ3n) is 4.11. The van der Waals surface area contributed by atoms with Crippen LogP contribution >= 0.6 is 0 Å². The van der Waals surface area contributed by atoms with E-state index in [1.165, 1.54) is 34.5 Å². The van der Waals surface area contributed by atoms with Crippen molar-refractivity contribution in [3.63, 3.8) is 0 Å². The lowest BCUT2D eigenvalue weighted by atomic mass is 10.00. The molecule has 2 rings (SSSR count). The minimum atomic E-state index is -0.571. The predicted octanol–water partition coefficient (Wildman–Crippen LogP) is 1.60. The molecule has 1 aromatic rings. The summed E-state index contributed by atoms with van der Waals surface area (Å²) in [5.41, 5.74) is 0.490. The van der Waals surface area contributed by atoms with Gasteiger partial charge in [-0.1, -0.05) is 0 Å². The standard InChI is InChI=1S/C18H20N2O6/c1-23-14-8-5-10(16(24-2)17(14)25-3)15(21)11(9-19)12-6-7-13(20-12)18(22)26-4/h5,8,13,20H,6-7H2,1-4H3/b12-11-. The van der Waals surface area contributed by atoms with Crippen LogP contribution in [0.2, 0.25) is 0 Å². The Hall–Kier alpha value is -3.21. The molecule has 1 aliphatic heterocycles. The molecule has 8 heteroatoms. The molecule has 1 N–H and O–H groups in total. The zero-order valence-corrected chi connectivity index (χ0v) is 15.0. The van der Waals surface area contributed by atoms with Crippen molar-refractivity contribution in [1.29, 1.82) is 5.26 Å². The Morgan fingerprint density at radius 1 is 1.12 bits per heavy atom. The van der Waals surface area contributed by atoms with Gasteiger partial charge in [-0.05, 0) is 25.0 Å². The molecule has 1 saturated heterocycles. The number of nitriles is 1. The molecule has 0 saturated carbocycles. The Morgan fingerprint density at radius 2 is 1.81 bits per heavy atom. The number of ketones is 1. The first-order valence-electron chi connectivity index (χ1n) is 7.83. The highest BCUT2D eigenvalue weighted by molar-refractivity contribution is 6.14. The lowest BCUT2D eigenvalue weighted by Gasteiger charge is -2.15. The van der Waals surface area contributed by atoms with E-state index in [4.69, 9.17) is 18.9 Å². The molecule has 0 radical (unpaired) electrons. The van der Waals surface area contributed by atoms with Gasteiger partial charge < -0.3 is 24.3 Å². The molecule has 1 aliphatic rings. The SMILES string of the molecule is COC(=O)C1CC/C(=C(\C#N)C(=O)c2ccc(OC)c(OC)c2OC)N1. The van der Waals surface area contributed by atoms with Crippen LogP contribution in [-0.4, -0.2) is 46.2 Å². The van der Waals surface area contributed by atoms with Crippen molar-refractivity contribution in [2.75, 3.05) is 28.4 Å². The Bertz CT molecular complexity index is 794. The maximum Gasteiger partial charge on any atom is 0.328 e. The zero-order valence-electron chi connectivity index (χ0n) is 15.0. The van der Waals surface area contributed by atoms with E-state index in [0.717, 1.165) is 0 Å². The van der Waals surface area contributed by atoms with Crippen LogP contribution in [0.3, 0.4) is 0 Å². The van der Waals surface area contributed by atoms with E-state index in [1.807, 2.05) is 6.07 Å². The summed E-state index contributed by atoms with van der Waals surface area (Å²) in [6.45, 7) is 0. The summed E-state index contributed by atoms with van der Waals surface area (Å²) in [5.74, 6) is -0.133. The van der Waals surface area contributed by atoms with Crippen molar-refractivity contribution in [3.8, 4) is 23.3 Å². The Labute approximate surface area is 151 Å². The van der Waals surface area contributed by atoms with Crippen LogP contribution in [0.15, 0.2) is 23.4 Å². The van der Waals surface area contributed by atoms with E-state index in [9.17, 15) is 14.9 Å². The van der Waals surface area contributed by atoms with Gasteiger partial charge in [-0.3, -0.25) is 4.79 Å². The lowest BCUT2D eigenvalue weighted by Crippen LogP contribution is -2.31. The molecule has 1 aromatic carbocycles. The number of Topliss-reactive ketones (excluding diaryl/α,β-unsaturated/α-hetero) is 1. The van der Waals surface area contributed by atoms with E-state index in [-0.39, 0.29) is 22.6 Å². The first kappa shape index (κ1) is 19.1. The molecule has 138 valence electrons. The highest BCUT2D eigenvalue weighted by Gasteiger charge is 2.31. The van der Waals surface area contributed by atoms with Gasteiger partial charge in [0.15, 0.2) is 11.5 Å². The predicted molar refractivity (Wildman–Crippen MR) is 91.2 cm³/mol. The van der Waals surface area contributed by atoms with Crippen LogP contribution < -0.4 is 19.5 Å². The Kier molecular flexibility index (Phi) is 6.07. The van der Waals surface area contributed by atoms with Crippen molar-refractivity contribution in [2.24, 2.45) is 0 Å². The first-order valence-corrected chi connectivity index (χ1v) is 7.83. The zero-order chi connectivity index (χ0) is 19.3. The van der Waals surface area contributed by atoms with Gasteiger partial charge in [0.2, 0.25) is 11.5 Å². The minimum absolute atomic E-state index is 0.0816. The maximum atomic E-state index is 12.9. The molecule has 1 unspecified atom stereocenters. The largest absolute Gasteiger partial charge is 0.493 e. The number of methoxy groups -OCH3 is 4. The second kappa shape index (κ2) is 8.25. The van der Waals surface area contributed by atoms with Crippen molar-refractivity contribution < 1.29 is 28.5 Å². The number of carbonyl (C=O) groups is 2. The molecule has 0 bridgehead atoms. The number of rotatable bonds is 6. The second-order valence-corrected chi connectivity index (χ2v) is 5.44. The molecule has 1 heterocycles. The maximum absolute atomic E-state index is 12.9. The highest BCUT2D eigenvalue weighted by Crippen LogP contribution is 2.40. The van der Waals surface area contributed by atoms with Crippen LogP contribution in [0.1, 0.15) is 23.2 Å². The van der Waals surface area contributed by atoms with Gasteiger partial charge in [0.25, 0.3) is 0 Å². The molecule has 0 spiro atoms. The minimum Gasteiger partial charge on any atom is -0.493 e. The number of nitrogens with zero attached hydrogens (tertiary/aromatic N) is 1. The van der Waals surface area contributed by atoms with E-state index < -0.39 is 17.8 Å². The molecule has 1 atom stereocenters. The molecule has 1 fully saturated rings. The van der Waals surface area contributed by atoms with Gasteiger partial charge in [0, 0.05) is 5.70 Å². The van der Waals surface area contributed by atoms with Crippen LogP contribution in [0, 0.1) is 11.3 Å². The van der Waals surface area contributed by atoms with E-state index in [0.29, 0.717) is 24.3 Å². The number of nitrogens with one attached hydrogen (secondary N) is 1. The monoisotopic (exact) mass is 360 g/mol. The molecule has 0 aromatic heterocycles. The fraction of sp³-hybridized carbons (Fsp3) is 0.389. The van der Waals surface area contributed by atoms with Gasteiger partial charge in [-0.15, -0.1) is 0 Å². The summed E-state index contributed by atoms with van der Waals surface area (Å²) in [4.78, 5) is 24.6. The van der Waals surface area contributed by atoms with E-state index >= 15 is 0 Å². The van der Waals surface area contributed by atoms with Crippen molar-refractivity contribution >= 4 is 11.8 Å². The topological polar surface area (TPSA) is 107 Å². The summed E-state index contributed by atoms with van der Waals surface area (Å²) in [6, 6.07) is 4.42. The number of ether oxygens (including phenoxy) is 4. The van der Waals surface area contributed by atoms with Gasteiger partial charge in [-0.2, -0.15) is 5.26 Å². The third kappa shape index (κ3) is 3.42. The molecular formula is C18H20N2O6. The fourth-order valence-electron chi connectivity index (χ4n) is 2.83. The van der Waals surface area contributed by atoms with Gasteiger partial charge in [0.05, 0.1) is 34.0 Å². The molecular weight excluding hydrogens is 340 g/mol. The van der Waals surface area contributed by atoms with Crippen LogP contribution in [0.5, 0.6) is 17.2 Å². The average Bonchev–Trinajstić information content (AvgIpc) is 3.16. The average molecular weight is 360 g/mol. The quantitative estimate of drug-likeness (QED) is 0.353. The fourth-order valence-corrected chi connectivity index (χ4v) is 2.83. The number of benzene rings is 1. The van der Waals surface area contributed by atoms with Crippen LogP contribution in [-0.2, 0) is 9.53 Å². The second-order valence-electron chi connectivity index (χ2n) is 5.44. The van der Waals surface area contributed by atoms with Crippen molar-refractivity contribution in [2.45, 2.75) is 18.9 Å². The Balaban J connectivity index is 2.46.